The van der Waals surface area contributed by atoms with Crippen molar-refractivity contribution >= 4 is 22.6 Å². The van der Waals surface area contributed by atoms with Gasteiger partial charge in [-0.3, -0.25) is 4.79 Å². The summed E-state index contributed by atoms with van der Waals surface area (Å²) in [5, 5.41) is 6.96. The second kappa shape index (κ2) is 6.18. The van der Waals surface area contributed by atoms with Crippen LogP contribution in [0.5, 0.6) is 0 Å². The van der Waals surface area contributed by atoms with E-state index in [0.29, 0.717) is 12.1 Å². The number of pyridine rings is 1. The summed E-state index contributed by atoms with van der Waals surface area (Å²) in [6.45, 7) is 5.51. The van der Waals surface area contributed by atoms with E-state index in [2.05, 4.69) is 15.6 Å². The number of rotatable bonds is 5. The highest BCUT2D eigenvalue weighted by Crippen LogP contribution is 2.20. The first-order chi connectivity index (χ1) is 9.26. The molecule has 0 radical (unpaired) electrons. The van der Waals surface area contributed by atoms with Crippen LogP contribution in [0.25, 0.3) is 10.9 Å². The third kappa shape index (κ3) is 3.02. The van der Waals surface area contributed by atoms with Crippen LogP contribution in [0.4, 0.5) is 5.82 Å². The molecular weight excluding hydrogens is 238 g/mol. The van der Waals surface area contributed by atoms with Gasteiger partial charge in [0, 0.05) is 18.5 Å². The number of nitrogens with one attached hydrogen (secondary N) is 2. The summed E-state index contributed by atoms with van der Waals surface area (Å²) in [6.07, 6.45) is 0.925. The van der Waals surface area contributed by atoms with Gasteiger partial charge in [0.2, 0.25) is 0 Å². The van der Waals surface area contributed by atoms with E-state index in [1.54, 1.807) is 0 Å². The Morgan fingerprint density at radius 1 is 1.26 bits per heavy atom. The summed E-state index contributed by atoms with van der Waals surface area (Å²) in [7, 11) is 0. The molecule has 2 aromatic rings. The first kappa shape index (κ1) is 13.3. The van der Waals surface area contributed by atoms with Crippen LogP contribution in [0.2, 0.25) is 0 Å². The van der Waals surface area contributed by atoms with Crippen LogP contribution in [-0.2, 0) is 0 Å². The topological polar surface area (TPSA) is 54.0 Å². The number of nitrogens with zero attached hydrogens (tertiary/aromatic N) is 1. The molecule has 0 unspecified atom stereocenters. The summed E-state index contributed by atoms with van der Waals surface area (Å²) in [5.74, 6) is 0.697. The zero-order valence-electron chi connectivity index (χ0n) is 11.4. The van der Waals surface area contributed by atoms with Gasteiger partial charge in [-0.05, 0) is 25.5 Å². The molecule has 1 heterocycles. The normalized spacial score (nSPS) is 10.4. The van der Waals surface area contributed by atoms with E-state index in [0.717, 1.165) is 29.7 Å². The van der Waals surface area contributed by atoms with Gasteiger partial charge in [-0.15, -0.1) is 0 Å². The molecule has 100 valence electrons. The fourth-order valence-corrected chi connectivity index (χ4v) is 1.97. The van der Waals surface area contributed by atoms with Gasteiger partial charge < -0.3 is 10.6 Å². The van der Waals surface area contributed by atoms with Crippen molar-refractivity contribution in [2.75, 3.05) is 18.4 Å². The van der Waals surface area contributed by atoms with E-state index in [1.165, 1.54) is 0 Å². The van der Waals surface area contributed by atoms with Crippen LogP contribution in [0.15, 0.2) is 30.3 Å². The Morgan fingerprint density at radius 3 is 2.79 bits per heavy atom. The van der Waals surface area contributed by atoms with Crippen LogP contribution < -0.4 is 10.6 Å². The average molecular weight is 257 g/mol. The first-order valence-electron chi connectivity index (χ1n) is 6.68. The van der Waals surface area contributed by atoms with Gasteiger partial charge in [-0.1, -0.05) is 25.1 Å². The summed E-state index contributed by atoms with van der Waals surface area (Å²) in [4.78, 5) is 16.7. The number of amides is 1. The maximum absolute atomic E-state index is 12.2. The SMILES string of the molecule is CCCNC(=O)c1cc(NCC)nc2ccccc12. The number of benzene rings is 1. The smallest absolute Gasteiger partial charge is 0.252 e. The maximum atomic E-state index is 12.2. The minimum Gasteiger partial charge on any atom is -0.370 e. The Balaban J connectivity index is 2.46. The molecule has 0 bridgehead atoms. The van der Waals surface area contributed by atoms with Gasteiger partial charge in [0.1, 0.15) is 5.82 Å². The summed E-state index contributed by atoms with van der Waals surface area (Å²) < 4.78 is 0. The van der Waals surface area contributed by atoms with E-state index >= 15 is 0 Å². The van der Waals surface area contributed by atoms with Crippen molar-refractivity contribution in [3.63, 3.8) is 0 Å². The number of carbonyl (C=O) groups is 1. The van der Waals surface area contributed by atoms with Gasteiger partial charge >= 0.3 is 0 Å². The van der Waals surface area contributed by atoms with Crippen molar-refractivity contribution in [1.29, 1.82) is 0 Å². The van der Waals surface area contributed by atoms with Gasteiger partial charge in [-0.2, -0.15) is 0 Å². The van der Waals surface area contributed by atoms with E-state index in [1.807, 2.05) is 44.2 Å². The lowest BCUT2D eigenvalue weighted by atomic mass is 10.1. The standard InChI is InChI=1S/C15H19N3O/c1-3-9-17-15(19)12-10-14(16-4-2)18-13-8-6-5-7-11(12)13/h5-8,10H,3-4,9H2,1-2H3,(H,16,18)(H,17,19). The van der Waals surface area contributed by atoms with Crippen LogP contribution in [0.1, 0.15) is 30.6 Å². The predicted octanol–water partition coefficient (Wildman–Crippen LogP) is 2.81. The number of carbonyl (C=O) groups excluding carboxylic acids is 1. The lowest BCUT2D eigenvalue weighted by Crippen LogP contribution is -2.24. The highest BCUT2D eigenvalue weighted by molar-refractivity contribution is 6.06. The van der Waals surface area contributed by atoms with Gasteiger partial charge in [0.05, 0.1) is 11.1 Å². The summed E-state index contributed by atoms with van der Waals surface area (Å²) in [5.41, 5.74) is 1.51. The van der Waals surface area contributed by atoms with Gasteiger partial charge in [-0.25, -0.2) is 4.98 Å². The number of hydrogen-bond donors (Lipinski definition) is 2. The van der Waals surface area contributed by atoms with E-state index < -0.39 is 0 Å². The molecule has 0 saturated heterocycles. The number of anilines is 1. The minimum atomic E-state index is -0.0420. The molecule has 4 nitrogen and oxygen atoms in total. The molecular formula is C15H19N3O. The fraction of sp³-hybridized carbons (Fsp3) is 0.333. The monoisotopic (exact) mass is 257 g/mol. The Hall–Kier alpha value is -2.10. The Kier molecular flexibility index (Phi) is 4.34. The first-order valence-corrected chi connectivity index (χ1v) is 6.68. The van der Waals surface area contributed by atoms with Crippen molar-refractivity contribution in [2.45, 2.75) is 20.3 Å². The Labute approximate surface area is 113 Å². The van der Waals surface area contributed by atoms with Crippen molar-refractivity contribution in [3.05, 3.63) is 35.9 Å². The fourth-order valence-electron chi connectivity index (χ4n) is 1.97. The molecule has 4 heteroatoms. The van der Waals surface area contributed by atoms with E-state index in [-0.39, 0.29) is 5.91 Å². The second-order valence-corrected chi connectivity index (χ2v) is 4.36. The second-order valence-electron chi connectivity index (χ2n) is 4.36. The predicted molar refractivity (Wildman–Crippen MR) is 78.5 cm³/mol. The van der Waals surface area contributed by atoms with Crippen molar-refractivity contribution in [1.82, 2.24) is 10.3 Å². The third-order valence-electron chi connectivity index (χ3n) is 2.85. The zero-order chi connectivity index (χ0) is 13.7. The van der Waals surface area contributed by atoms with Crippen molar-refractivity contribution < 1.29 is 4.79 Å². The molecule has 0 fully saturated rings. The van der Waals surface area contributed by atoms with Gasteiger partial charge in [0.25, 0.3) is 5.91 Å². The van der Waals surface area contributed by atoms with E-state index in [4.69, 9.17) is 0 Å². The summed E-state index contributed by atoms with van der Waals surface area (Å²) >= 11 is 0. The molecule has 0 saturated carbocycles. The molecule has 2 N–H and O–H groups in total. The third-order valence-corrected chi connectivity index (χ3v) is 2.85. The highest BCUT2D eigenvalue weighted by atomic mass is 16.1. The number of aromatic nitrogens is 1. The summed E-state index contributed by atoms with van der Waals surface area (Å²) in [6, 6.07) is 9.52. The maximum Gasteiger partial charge on any atom is 0.252 e. The largest absolute Gasteiger partial charge is 0.370 e. The van der Waals surface area contributed by atoms with Crippen molar-refractivity contribution in [3.8, 4) is 0 Å². The average Bonchev–Trinajstić information content (AvgIpc) is 2.44. The molecule has 1 aromatic heterocycles. The van der Waals surface area contributed by atoms with Crippen LogP contribution in [-0.4, -0.2) is 24.0 Å². The number of hydrogen-bond acceptors (Lipinski definition) is 3. The molecule has 0 aliphatic carbocycles. The molecule has 19 heavy (non-hydrogen) atoms. The lowest BCUT2D eigenvalue weighted by molar-refractivity contribution is 0.0955. The molecule has 1 aromatic carbocycles. The lowest BCUT2D eigenvalue weighted by Gasteiger charge is -2.10. The van der Waals surface area contributed by atoms with E-state index in [9.17, 15) is 4.79 Å². The quantitative estimate of drug-likeness (QED) is 0.866. The number of fused-ring (bicyclic) bond motifs is 1. The Bertz CT molecular complexity index is 581. The zero-order valence-corrected chi connectivity index (χ0v) is 11.4. The molecule has 0 aliphatic heterocycles. The highest BCUT2D eigenvalue weighted by Gasteiger charge is 2.11. The molecule has 0 spiro atoms. The van der Waals surface area contributed by atoms with Crippen LogP contribution >= 0.6 is 0 Å². The number of para-hydroxylation sites is 1. The molecule has 1 amide bonds. The van der Waals surface area contributed by atoms with Crippen molar-refractivity contribution in [2.24, 2.45) is 0 Å². The van der Waals surface area contributed by atoms with Gasteiger partial charge in [0.15, 0.2) is 0 Å². The molecule has 0 aliphatic rings. The van der Waals surface area contributed by atoms with Crippen LogP contribution in [0, 0.1) is 0 Å². The molecule has 2 rings (SSSR count). The molecule has 0 atom stereocenters. The Morgan fingerprint density at radius 2 is 2.05 bits per heavy atom. The minimum absolute atomic E-state index is 0.0420. The van der Waals surface area contributed by atoms with Crippen LogP contribution in [0.3, 0.4) is 0 Å².